The lowest BCUT2D eigenvalue weighted by molar-refractivity contribution is 0.0697. The minimum atomic E-state index is -0.938. The molecule has 4 nitrogen and oxygen atoms in total. The number of benzene rings is 3. The van der Waals surface area contributed by atoms with Crippen LogP contribution in [-0.4, -0.2) is 22.8 Å². The molecule has 0 radical (unpaired) electrons. The average molecular weight is 426 g/mol. The molecule has 0 fully saturated rings. The van der Waals surface area contributed by atoms with E-state index in [1.54, 1.807) is 19.2 Å². The molecule has 0 bridgehead atoms. The van der Waals surface area contributed by atoms with E-state index in [0.717, 1.165) is 40.2 Å². The van der Waals surface area contributed by atoms with Crippen LogP contribution in [0.2, 0.25) is 0 Å². The summed E-state index contributed by atoms with van der Waals surface area (Å²) in [6, 6.07) is 27.6. The lowest BCUT2D eigenvalue weighted by Crippen LogP contribution is -2.10. The highest BCUT2D eigenvalue weighted by molar-refractivity contribution is 5.93. The molecule has 0 saturated carbocycles. The van der Waals surface area contributed by atoms with Crippen LogP contribution in [0.1, 0.15) is 29.9 Å². The molecule has 0 saturated heterocycles. The molecule has 0 aliphatic rings. The van der Waals surface area contributed by atoms with Gasteiger partial charge in [0.25, 0.3) is 0 Å². The third-order valence-electron chi connectivity index (χ3n) is 5.52. The van der Waals surface area contributed by atoms with Crippen molar-refractivity contribution in [3.8, 4) is 33.8 Å². The van der Waals surface area contributed by atoms with Gasteiger partial charge in [-0.1, -0.05) is 56.3 Å². The van der Waals surface area contributed by atoms with Crippen molar-refractivity contribution in [2.45, 2.75) is 20.3 Å². The Kier molecular flexibility index (Phi) is 6.13. The molecular weight excluding hydrogens is 398 g/mol. The van der Waals surface area contributed by atoms with Crippen molar-refractivity contribution in [1.82, 2.24) is 4.57 Å². The molecule has 0 spiro atoms. The van der Waals surface area contributed by atoms with Crippen LogP contribution in [0.5, 0.6) is 5.75 Å². The van der Waals surface area contributed by atoms with E-state index < -0.39 is 5.97 Å². The van der Waals surface area contributed by atoms with Crippen molar-refractivity contribution in [2.75, 3.05) is 7.11 Å². The summed E-state index contributed by atoms with van der Waals surface area (Å²) in [7, 11) is 1.65. The van der Waals surface area contributed by atoms with Crippen molar-refractivity contribution >= 4 is 5.97 Å². The van der Waals surface area contributed by atoms with E-state index in [-0.39, 0.29) is 5.56 Å². The molecule has 0 unspecified atom stereocenters. The van der Waals surface area contributed by atoms with E-state index in [9.17, 15) is 9.90 Å². The molecule has 162 valence electrons. The van der Waals surface area contributed by atoms with E-state index >= 15 is 0 Å². The molecule has 1 N–H and O–H groups in total. The molecule has 3 aromatic carbocycles. The minimum absolute atomic E-state index is 0.280. The summed E-state index contributed by atoms with van der Waals surface area (Å²) in [5, 5.41) is 9.92. The third-order valence-corrected chi connectivity index (χ3v) is 5.52. The molecule has 0 aliphatic carbocycles. The van der Waals surface area contributed by atoms with Gasteiger partial charge in [0, 0.05) is 11.3 Å². The Balaban J connectivity index is 2.08. The van der Waals surface area contributed by atoms with Gasteiger partial charge in [-0.15, -0.1) is 0 Å². The minimum Gasteiger partial charge on any atom is -0.497 e. The summed E-state index contributed by atoms with van der Waals surface area (Å²) in [5.74, 6) is 0.251. The fourth-order valence-electron chi connectivity index (χ4n) is 4.13. The Labute approximate surface area is 188 Å². The fraction of sp³-hybridized carbons (Fsp3) is 0.179. The second kappa shape index (κ2) is 9.15. The van der Waals surface area contributed by atoms with Gasteiger partial charge in [-0.2, -0.15) is 0 Å². The summed E-state index contributed by atoms with van der Waals surface area (Å²) in [6.45, 7) is 4.35. The number of para-hydroxylation sites is 1. The number of aromatic nitrogens is 1. The topological polar surface area (TPSA) is 51.5 Å². The maximum absolute atomic E-state index is 12.1. The highest BCUT2D eigenvalue weighted by Gasteiger charge is 2.23. The molecule has 4 heteroatoms. The van der Waals surface area contributed by atoms with Crippen LogP contribution >= 0.6 is 0 Å². The SMILES string of the molecule is COc1ccc(-c2c(-c3ccccc3)cc(CC(C)C)n2-c2ccccc2C(=O)O)cc1. The van der Waals surface area contributed by atoms with E-state index in [1.807, 2.05) is 54.6 Å². The molecule has 32 heavy (non-hydrogen) atoms. The number of hydrogen-bond donors (Lipinski definition) is 1. The van der Waals surface area contributed by atoms with Crippen molar-refractivity contribution < 1.29 is 14.6 Å². The summed E-state index contributed by atoms with van der Waals surface area (Å²) < 4.78 is 7.48. The number of carboxylic acid groups (broad SMARTS) is 1. The zero-order valence-electron chi connectivity index (χ0n) is 18.6. The van der Waals surface area contributed by atoms with Gasteiger partial charge in [-0.25, -0.2) is 4.79 Å². The van der Waals surface area contributed by atoms with Gasteiger partial charge in [0.05, 0.1) is 24.1 Å². The fourth-order valence-corrected chi connectivity index (χ4v) is 4.13. The zero-order chi connectivity index (χ0) is 22.7. The number of nitrogens with zero attached hydrogens (tertiary/aromatic N) is 1. The quantitative estimate of drug-likeness (QED) is 0.358. The number of carbonyl (C=O) groups is 1. The molecular formula is C28H27NO3. The first-order chi connectivity index (χ1) is 15.5. The predicted molar refractivity (Wildman–Crippen MR) is 129 cm³/mol. The Bertz CT molecular complexity index is 1220. The van der Waals surface area contributed by atoms with E-state index in [4.69, 9.17) is 4.74 Å². The van der Waals surface area contributed by atoms with Crippen LogP contribution in [0.3, 0.4) is 0 Å². The van der Waals surface area contributed by atoms with Gasteiger partial charge < -0.3 is 14.4 Å². The summed E-state index contributed by atoms with van der Waals surface area (Å²) >= 11 is 0. The molecule has 4 rings (SSSR count). The highest BCUT2D eigenvalue weighted by atomic mass is 16.5. The molecule has 4 aromatic rings. The standard InChI is InChI=1S/C28H27NO3/c1-19(2)17-22-18-25(20-9-5-4-6-10-20)27(21-13-15-23(32-3)16-14-21)29(22)26-12-8-7-11-24(26)28(30)31/h4-16,18-19H,17H2,1-3H3,(H,30,31). The molecule has 0 aliphatic heterocycles. The predicted octanol–water partition coefficient (Wildman–Crippen LogP) is 6.72. The average Bonchev–Trinajstić information content (AvgIpc) is 3.17. The number of carboxylic acids is 1. The number of methoxy groups -OCH3 is 1. The van der Waals surface area contributed by atoms with Gasteiger partial charge >= 0.3 is 5.97 Å². The molecule has 1 heterocycles. The van der Waals surface area contributed by atoms with Crippen LogP contribution in [0, 0.1) is 5.92 Å². The second-order valence-electron chi connectivity index (χ2n) is 8.25. The van der Waals surface area contributed by atoms with Crippen molar-refractivity contribution in [3.63, 3.8) is 0 Å². The van der Waals surface area contributed by atoms with Crippen LogP contribution < -0.4 is 4.74 Å². The third kappa shape index (κ3) is 4.17. The van der Waals surface area contributed by atoms with Gasteiger partial charge in [-0.3, -0.25) is 0 Å². The molecule has 0 amide bonds. The first kappa shape index (κ1) is 21.4. The van der Waals surface area contributed by atoms with E-state index in [2.05, 4.69) is 36.6 Å². The Morgan fingerprint density at radius 3 is 2.19 bits per heavy atom. The molecule has 0 atom stereocenters. The maximum atomic E-state index is 12.1. The summed E-state index contributed by atoms with van der Waals surface area (Å²) in [4.78, 5) is 12.1. The molecule has 1 aromatic heterocycles. The number of rotatable bonds is 7. The lowest BCUT2D eigenvalue weighted by atomic mass is 10.0. The number of aromatic carboxylic acids is 1. The monoisotopic (exact) mass is 425 g/mol. The van der Waals surface area contributed by atoms with Crippen molar-refractivity contribution in [1.29, 1.82) is 0 Å². The van der Waals surface area contributed by atoms with E-state index in [0.29, 0.717) is 11.6 Å². The van der Waals surface area contributed by atoms with Crippen LogP contribution in [-0.2, 0) is 6.42 Å². The largest absolute Gasteiger partial charge is 0.497 e. The highest BCUT2D eigenvalue weighted by Crippen LogP contribution is 2.39. The zero-order valence-corrected chi connectivity index (χ0v) is 18.6. The summed E-state index contributed by atoms with van der Waals surface area (Å²) in [6.07, 6.45) is 0.823. The summed E-state index contributed by atoms with van der Waals surface area (Å²) in [5.41, 5.74) is 6.18. The van der Waals surface area contributed by atoms with Crippen molar-refractivity contribution in [2.24, 2.45) is 5.92 Å². The van der Waals surface area contributed by atoms with E-state index in [1.165, 1.54) is 0 Å². The van der Waals surface area contributed by atoms with Crippen molar-refractivity contribution in [3.05, 3.63) is 96.2 Å². The Hall–Kier alpha value is -3.79. The first-order valence-electron chi connectivity index (χ1n) is 10.8. The first-order valence-corrected chi connectivity index (χ1v) is 10.8. The number of hydrogen-bond acceptors (Lipinski definition) is 2. The maximum Gasteiger partial charge on any atom is 0.337 e. The number of ether oxygens (including phenoxy) is 1. The van der Waals surface area contributed by atoms with Gasteiger partial charge in [0.1, 0.15) is 5.75 Å². The lowest BCUT2D eigenvalue weighted by Gasteiger charge is -2.18. The smallest absolute Gasteiger partial charge is 0.337 e. The second-order valence-corrected chi connectivity index (χ2v) is 8.25. The Morgan fingerprint density at radius 2 is 1.56 bits per heavy atom. The van der Waals surface area contributed by atoms with Gasteiger partial charge in [0.15, 0.2) is 0 Å². The Morgan fingerprint density at radius 1 is 0.906 bits per heavy atom. The van der Waals surface area contributed by atoms with Gasteiger partial charge in [-0.05, 0) is 65.9 Å². The van der Waals surface area contributed by atoms with Crippen LogP contribution in [0.15, 0.2) is 84.9 Å². The van der Waals surface area contributed by atoms with Gasteiger partial charge in [0.2, 0.25) is 0 Å². The van der Waals surface area contributed by atoms with Crippen LogP contribution in [0.4, 0.5) is 0 Å². The van der Waals surface area contributed by atoms with Crippen LogP contribution in [0.25, 0.3) is 28.1 Å². The normalized spacial score (nSPS) is 11.0.